The standard InChI is InChI=1S/C9H10O2.C5H11NO2S/c1-11-9(10)7-8-5-3-2-4-6-8;1-9-3-2-4(6)5(7)8/h2-6H,7H2,1H3;4H,2-3,6H2,1H3,(H,7,8). The predicted octanol–water partition coefficient (Wildman–Crippen LogP) is 1.55. The van der Waals surface area contributed by atoms with Crippen molar-refractivity contribution in [1.82, 2.24) is 0 Å². The Morgan fingerprint density at radius 1 is 1.35 bits per heavy atom. The Morgan fingerprint density at radius 2 is 1.95 bits per heavy atom. The first kappa shape index (κ1) is 18.5. The van der Waals surface area contributed by atoms with E-state index in [0.717, 1.165) is 11.3 Å². The van der Waals surface area contributed by atoms with Crippen LogP contribution in [0.3, 0.4) is 0 Å². The molecule has 1 aromatic rings. The van der Waals surface area contributed by atoms with Crippen LogP contribution in [0, 0.1) is 0 Å². The van der Waals surface area contributed by atoms with E-state index in [1.807, 2.05) is 36.6 Å². The zero-order chi connectivity index (χ0) is 15.4. The van der Waals surface area contributed by atoms with Gasteiger partial charge in [-0.05, 0) is 24.0 Å². The summed E-state index contributed by atoms with van der Waals surface area (Å²) in [4.78, 5) is 20.8. The highest BCUT2D eigenvalue weighted by Gasteiger charge is 2.08. The molecule has 0 spiro atoms. The molecule has 6 heteroatoms. The minimum atomic E-state index is -0.913. The van der Waals surface area contributed by atoms with Crippen LogP contribution in [0.1, 0.15) is 12.0 Å². The van der Waals surface area contributed by atoms with E-state index in [0.29, 0.717) is 12.8 Å². The van der Waals surface area contributed by atoms with E-state index in [2.05, 4.69) is 4.74 Å². The van der Waals surface area contributed by atoms with E-state index in [-0.39, 0.29) is 5.97 Å². The van der Waals surface area contributed by atoms with E-state index < -0.39 is 12.0 Å². The molecule has 3 N–H and O–H groups in total. The van der Waals surface area contributed by atoms with Crippen molar-refractivity contribution >= 4 is 23.7 Å². The summed E-state index contributed by atoms with van der Waals surface area (Å²) in [6.45, 7) is 0. The van der Waals surface area contributed by atoms with Gasteiger partial charge >= 0.3 is 11.9 Å². The third-order valence-electron chi connectivity index (χ3n) is 2.37. The van der Waals surface area contributed by atoms with Crippen LogP contribution in [0.5, 0.6) is 0 Å². The summed E-state index contributed by atoms with van der Waals surface area (Å²) in [6, 6.07) is 8.84. The highest BCUT2D eigenvalue weighted by molar-refractivity contribution is 7.98. The number of hydrogen-bond acceptors (Lipinski definition) is 5. The average molecular weight is 299 g/mol. The van der Waals surface area contributed by atoms with Crippen molar-refractivity contribution in [3.63, 3.8) is 0 Å². The quantitative estimate of drug-likeness (QED) is 0.775. The molecule has 0 saturated heterocycles. The Balaban J connectivity index is 0.000000370. The molecule has 1 aromatic carbocycles. The van der Waals surface area contributed by atoms with Crippen LogP contribution >= 0.6 is 11.8 Å². The smallest absolute Gasteiger partial charge is 0.320 e. The number of rotatable bonds is 6. The second-order valence-corrected chi connectivity index (χ2v) is 4.95. The normalized spacial score (nSPS) is 10.9. The molecule has 1 atom stereocenters. The molecule has 1 rings (SSSR count). The van der Waals surface area contributed by atoms with E-state index in [1.165, 1.54) is 7.11 Å². The Kier molecular flexibility index (Phi) is 10.4. The van der Waals surface area contributed by atoms with Gasteiger partial charge in [0.1, 0.15) is 6.04 Å². The molecular weight excluding hydrogens is 278 g/mol. The van der Waals surface area contributed by atoms with Gasteiger partial charge in [0.25, 0.3) is 0 Å². The summed E-state index contributed by atoms with van der Waals surface area (Å²) in [6.07, 6.45) is 2.84. The molecule has 0 amide bonds. The Bertz CT molecular complexity index is 397. The maximum absolute atomic E-state index is 10.8. The van der Waals surface area contributed by atoms with E-state index >= 15 is 0 Å². The van der Waals surface area contributed by atoms with Gasteiger partial charge < -0.3 is 15.6 Å². The lowest BCUT2D eigenvalue weighted by atomic mass is 10.2. The highest BCUT2D eigenvalue weighted by atomic mass is 32.2. The molecule has 0 aliphatic carbocycles. The molecule has 0 fully saturated rings. The van der Waals surface area contributed by atoms with Crippen molar-refractivity contribution in [2.75, 3.05) is 19.1 Å². The monoisotopic (exact) mass is 299 g/mol. The fourth-order valence-corrected chi connectivity index (χ4v) is 1.69. The van der Waals surface area contributed by atoms with E-state index in [9.17, 15) is 9.59 Å². The Hall–Kier alpha value is -1.53. The number of carbonyl (C=O) groups excluding carboxylic acids is 1. The number of benzene rings is 1. The molecule has 0 saturated carbocycles. The number of hydrogen-bond donors (Lipinski definition) is 2. The average Bonchev–Trinajstić information content (AvgIpc) is 2.46. The van der Waals surface area contributed by atoms with Crippen LogP contribution in [0.4, 0.5) is 0 Å². The van der Waals surface area contributed by atoms with Crippen molar-refractivity contribution < 1.29 is 19.4 Å². The molecule has 1 unspecified atom stereocenters. The Labute approximate surface area is 123 Å². The van der Waals surface area contributed by atoms with Gasteiger partial charge in [-0.15, -0.1) is 0 Å². The van der Waals surface area contributed by atoms with Gasteiger partial charge in [0, 0.05) is 0 Å². The number of carboxylic acid groups (broad SMARTS) is 1. The summed E-state index contributed by atoms with van der Waals surface area (Å²) in [7, 11) is 1.39. The first-order valence-corrected chi connectivity index (χ1v) is 7.48. The molecule has 5 nitrogen and oxygen atoms in total. The van der Waals surface area contributed by atoms with Crippen LogP contribution in [0.25, 0.3) is 0 Å². The van der Waals surface area contributed by atoms with Crippen LogP contribution in [0.15, 0.2) is 30.3 Å². The Morgan fingerprint density at radius 3 is 2.40 bits per heavy atom. The lowest BCUT2D eigenvalue weighted by Crippen LogP contribution is -2.30. The maximum atomic E-state index is 10.8. The number of carbonyl (C=O) groups is 2. The molecule has 20 heavy (non-hydrogen) atoms. The largest absolute Gasteiger partial charge is 0.480 e. The number of carboxylic acids is 1. The van der Waals surface area contributed by atoms with Crippen molar-refractivity contribution in [2.45, 2.75) is 18.9 Å². The first-order valence-electron chi connectivity index (χ1n) is 6.09. The fraction of sp³-hybridized carbons (Fsp3) is 0.429. The lowest BCUT2D eigenvalue weighted by Gasteiger charge is -2.02. The number of aliphatic carboxylic acids is 1. The lowest BCUT2D eigenvalue weighted by molar-refractivity contribution is -0.140. The number of esters is 1. The summed E-state index contributed by atoms with van der Waals surface area (Å²) in [5.74, 6) is -0.298. The van der Waals surface area contributed by atoms with Gasteiger partial charge in [0.05, 0.1) is 13.5 Å². The minimum Gasteiger partial charge on any atom is -0.480 e. The van der Waals surface area contributed by atoms with Crippen LogP contribution in [0.2, 0.25) is 0 Å². The fourth-order valence-electron chi connectivity index (χ4n) is 1.20. The third-order valence-corrected chi connectivity index (χ3v) is 3.01. The first-order chi connectivity index (χ1) is 9.51. The second kappa shape index (κ2) is 11.3. The molecule has 0 radical (unpaired) electrons. The number of methoxy groups -OCH3 is 1. The number of ether oxygens (including phenoxy) is 1. The van der Waals surface area contributed by atoms with Gasteiger partial charge in [-0.25, -0.2) is 0 Å². The molecule has 0 heterocycles. The van der Waals surface area contributed by atoms with Crippen LogP contribution in [-0.4, -0.2) is 42.2 Å². The van der Waals surface area contributed by atoms with Gasteiger partial charge in [0.2, 0.25) is 0 Å². The zero-order valence-corrected chi connectivity index (χ0v) is 12.6. The van der Waals surface area contributed by atoms with Crippen molar-refractivity contribution in [1.29, 1.82) is 0 Å². The summed E-state index contributed by atoms with van der Waals surface area (Å²) < 4.78 is 4.52. The number of thioether (sulfide) groups is 1. The SMILES string of the molecule is COC(=O)Cc1ccccc1.CSCCC(N)C(=O)O. The van der Waals surface area contributed by atoms with Crippen LogP contribution < -0.4 is 5.73 Å². The summed E-state index contributed by atoms with van der Waals surface area (Å²) >= 11 is 1.60. The van der Waals surface area contributed by atoms with Gasteiger partial charge in [-0.2, -0.15) is 11.8 Å². The minimum absolute atomic E-state index is 0.198. The van der Waals surface area contributed by atoms with Gasteiger partial charge in [-0.3, -0.25) is 9.59 Å². The predicted molar refractivity (Wildman–Crippen MR) is 80.8 cm³/mol. The van der Waals surface area contributed by atoms with E-state index in [1.54, 1.807) is 11.8 Å². The highest BCUT2D eigenvalue weighted by Crippen LogP contribution is 1.99. The second-order valence-electron chi connectivity index (χ2n) is 3.96. The number of nitrogens with two attached hydrogens (primary N) is 1. The van der Waals surface area contributed by atoms with Gasteiger partial charge in [0.15, 0.2) is 0 Å². The summed E-state index contributed by atoms with van der Waals surface area (Å²) in [5.41, 5.74) is 6.18. The molecule has 0 bridgehead atoms. The van der Waals surface area contributed by atoms with Crippen molar-refractivity contribution in [3.8, 4) is 0 Å². The van der Waals surface area contributed by atoms with Crippen LogP contribution in [-0.2, 0) is 20.7 Å². The van der Waals surface area contributed by atoms with E-state index in [4.69, 9.17) is 10.8 Å². The topological polar surface area (TPSA) is 89.6 Å². The van der Waals surface area contributed by atoms with Crippen molar-refractivity contribution in [3.05, 3.63) is 35.9 Å². The molecular formula is C14H21NO4S. The molecule has 0 aliphatic rings. The third kappa shape index (κ3) is 9.41. The molecule has 0 aromatic heterocycles. The molecule has 112 valence electrons. The molecule has 0 aliphatic heterocycles. The summed E-state index contributed by atoms with van der Waals surface area (Å²) in [5, 5.41) is 8.27. The van der Waals surface area contributed by atoms with Crippen molar-refractivity contribution in [2.24, 2.45) is 5.73 Å². The van der Waals surface area contributed by atoms with Gasteiger partial charge in [-0.1, -0.05) is 30.3 Å². The maximum Gasteiger partial charge on any atom is 0.320 e. The zero-order valence-electron chi connectivity index (χ0n) is 11.7.